The van der Waals surface area contributed by atoms with Crippen LogP contribution < -0.4 is 15.4 Å². The van der Waals surface area contributed by atoms with Crippen molar-refractivity contribution in [2.75, 3.05) is 14.2 Å². The Labute approximate surface area is 183 Å². The molecule has 2 aromatic carbocycles. The first-order chi connectivity index (χ1) is 13.2. The van der Waals surface area contributed by atoms with Crippen LogP contribution in [0.4, 0.5) is 0 Å². The van der Waals surface area contributed by atoms with Gasteiger partial charge in [0.15, 0.2) is 5.96 Å². The van der Waals surface area contributed by atoms with Crippen molar-refractivity contribution < 1.29 is 4.74 Å². The van der Waals surface area contributed by atoms with E-state index in [0.717, 1.165) is 28.5 Å². The third-order valence-corrected chi connectivity index (χ3v) is 4.33. The number of aryl methyl sites for hydroxylation is 1. The predicted molar refractivity (Wildman–Crippen MR) is 124 cm³/mol. The summed E-state index contributed by atoms with van der Waals surface area (Å²) in [5.41, 5.74) is 4.52. The van der Waals surface area contributed by atoms with Gasteiger partial charge in [0.05, 0.1) is 19.1 Å². The average Bonchev–Trinajstić information content (AvgIpc) is 3.23. The first kappa shape index (κ1) is 21.7. The molecule has 0 spiro atoms. The lowest BCUT2D eigenvalue weighted by molar-refractivity contribution is 0.408. The molecule has 0 atom stereocenters. The number of imidazole rings is 1. The van der Waals surface area contributed by atoms with Gasteiger partial charge in [-0.2, -0.15) is 0 Å². The van der Waals surface area contributed by atoms with Gasteiger partial charge in [-0.25, -0.2) is 4.98 Å². The Morgan fingerprint density at radius 3 is 2.54 bits per heavy atom. The fourth-order valence-corrected chi connectivity index (χ4v) is 2.89. The fraction of sp³-hybridized carbons (Fsp3) is 0.238. The van der Waals surface area contributed by atoms with Crippen LogP contribution in [0, 0.1) is 6.92 Å². The largest absolute Gasteiger partial charge is 0.496 e. The topological polar surface area (TPSA) is 63.5 Å². The smallest absolute Gasteiger partial charge is 0.191 e. The Bertz CT molecular complexity index is 909. The van der Waals surface area contributed by atoms with E-state index in [0.29, 0.717) is 13.1 Å². The van der Waals surface area contributed by atoms with Crippen LogP contribution in [0.15, 0.2) is 66.2 Å². The van der Waals surface area contributed by atoms with Gasteiger partial charge in [0.1, 0.15) is 5.75 Å². The van der Waals surface area contributed by atoms with E-state index in [1.165, 1.54) is 5.56 Å². The molecule has 0 aliphatic carbocycles. The number of rotatable bonds is 6. The second-order valence-electron chi connectivity index (χ2n) is 6.19. The maximum atomic E-state index is 5.47. The van der Waals surface area contributed by atoms with Gasteiger partial charge >= 0.3 is 0 Å². The van der Waals surface area contributed by atoms with Crippen molar-refractivity contribution in [3.05, 3.63) is 77.9 Å². The second kappa shape index (κ2) is 10.7. The lowest BCUT2D eigenvalue weighted by Gasteiger charge is -2.16. The fourth-order valence-electron chi connectivity index (χ4n) is 2.89. The lowest BCUT2D eigenvalue weighted by Crippen LogP contribution is -2.36. The number of ether oxygens (including phenoxy) is 1. The van der Waals surface area contributed by atoms with Crippen molar-refractivity contribution in [3.63, 3.8) is 0 Å². The second-order valence-corrected chi connectivity index (χ2v) is 6.19. The predicted octanol–water partition coefficient (Wildman–Crippen LogP) is 3.67. The summed E-state index contributed by atoms with van der Waals surface area (Å²) in [7, 11) is 3.46. The minimum Gasteiger partial charge on any atom is -0.496 e. The van der Waals surface area contributed by atoms with Gasteiger partial charge in [-0.15, -0.1) is 24.0 Å². The van der Waals surface area contributed by atoms with Crippen molar-refractivity contribution in [2.24, 2.45) is 4.99 Å². The summed E-state index contributed by atoms with van der Waals surface area (Å²) < 4.78 is 7.47. The number of benzene rings is 2. The number of para-hydroxylation sites is 1. The summed E-state index contributed by atoms with van der Waals surface area (Å²) in [6, 6.07) is 14.4. The molecular formula is C21H26IN5O. The number of guanidine groups is 1. The van der Waals surface area contributed by atoms with Gasteiger partial charge in [0.25, 0.3) is 0 Å². The van der Waals surface area contributed by atoms with Crippen molar-refractivity contribution in [2.45, 2.75) is 20.0 Å². The molecule has 0 fully saturated rings. The highest BCUT2D eigenvalue weighted by Crippen LogP contribution is 2.19. The molecule has 1 aromatic heterocycles. The first-order valence-electron chi connectivity index (χ1n) is 8.85. The Morgan fingerprint density at radius 2 is 1.86 bits per heavy atom. The van der Waals surface area contributed by atoms with Gasteiger partial charge in [-0.1, -0.05) is 30.3 Å². The van der Waals surface area contributed by atoms with E-state index in [-0.39, 0.29) is 24.0 Å². The Morgan fingerprint density at radius 1 is 1.11 bits per heavy atom. The number of aliphatic imine (C=N–C) groups is 1. The van der Waals surface area contributed by atoms with Crippen LogP contribution in [-0.4, -0.2) is 29.7 Å². The minimum atomic E-state index is 0. The molecule has 0 aliphatic rings. The summed E-state index contributed by atoms with van der Waals surface area (Å²) in [5, 5.41) is 6.72. The first-order valence-corrected chi connectivity index (χ1v) is 8.85. The summed E-state index contributed by atoms with van der Waals surface area (Å²) in [4.78, 5) is 8.45. The third kappa shape index (κ3) is 5.48. The molecule has 7 heteroatoms. The number of aromatic nitrogens is 2. The van der Waals surface area contributed by atoms with E-state index in [2.05, 4.69) is 51.8 Å². The molecule has 3 rings (SSSR count). The summed E-state index contributed by atoms with van der Waals surface area (Å²) in [5.74, 6) is 1.61. The Kier molecular flexibility index (Phi) is 8.31. The van der Waals surface area contributed by atoms with E-state index in [4.69, 9.17) is 4.74 Å². The molecule has 0 amide bonds. The highest BCUT2D eigenvalue weighted by molar-refractivity contribution is 14.0. The van der Waals surface area contributed by atoms with E-state index in [1.54, 1.807) is 26.7 Å². The van der Waals surface area contributed by atoms with Crippen LogP contribution in [0.1, 0.15) is 16.7 Å². The van der Waals surface area contributed by atoms with Crippen LogP contribution in [-0.2, 0) is 13.1 Å². The summed E-state index contributed by atoms with van der Waals surface area (Å²) in [6.45, 7) is 3.34. The van der Waals surface area contributed by atoms with Crippen molar-refractivity contribution in [1.82, 2.24) is 20.2 Å². The van der Waals surface area contributed by atoms with Crippen molar-refractivity contribution in [1.29, 1.82) is 0 Å². The zero-order chi connectivity index (χ0) is 19.1. The molecule has 2 N–H and O–H groups in total. The van der Waals surface area contributed by atoms with Gasteiger partial charge in [0, 0.05) is 38.1 Å². The molecular weight excluding hydrogens is 465 g/mol. The van der Waals surface area contributed by atoms with E-state index < -0.39 is 0 Å². The number of methoxy groups -OCH3 is 1. The molecule has 0 saturated heterocycles. The number of halogens is 1. The maximum absolute atomic E-state index is 5.47. The quantitative estimate of drug-likeness (QED) is 0.314. The van der Waals surface area contributed by atoms with Gasteiger partial charge in [0.2, 0.25) is 0 Å². The van der Waals surface area contributed by atoms with Gasteiger partial charge in [-0.05, 0) is 30.2 Å². The van der Waals surface area contributed by atoms with Gasteiger partial charge in [-0.3, -0.25) is 4.99 Å². The molecule has 0 unspecified atom stereocenters. The highest BCUT2D eigenvalue weighted by Gasteiger charge is 2.07. The van der Waals surface area contributed by atoms with Crippen molar-refractivity contribution >= 4 is 29.9 Å². The number of hydrogen-bond acceptors (Lipinski definition) is 3. The summed E-state index contributed by atoms with van der Waals surface area (Å²) in [6.07, 6.45) is 5.52. The number of hydrogen-bond donors (Lipinski definition) is 2. The molecule has 3 aromatic rings. The molecule has 6 nitrogen and oxygen atoms in total. The Hall–Kier alpha value is -2.55. The van der Waals surface area contributed by atoms with E-state index in [1.807, 2.05) is 29.0 Å². The van der Waals surface area contributed by atoms with Crippen LogP contribution in [0.25, 0.3) is 5.69 Å². The molecule has 0 saturated carbocycles. The highest BCUT2D eigenvalue weighted by atomic mass is 127. The third-order valence-electron chi connectivity index (χ3n) is 4.33. The minimum absolute atomic E-state index is 0. The zero-order valence-electron chi connectivity index (χ0n) is 16.3. The monoisotopic (exact) mass is 491 g/mol. The molecule has 0 bridgehead atoms. The Balaban J connectivity index is 0.00000280. The van der Waals surface area contributed by atoms with Crippen LogP contribution in [0.3, 0.4) is 0 Å². The SMILES string of the molecule is CN=C(NCc1ccc(C)cc1OC)NCc1ccccc1-n1ccnc1.I. The molecule has 28 heavy (non-hydrogen) atoms. The maximum Gasteiger partial charge on any atom is 0.191 e. The lowest BCUT2D eigenvalue weighted by atomic mass is 10.1. The van der Waals surface area contributed by atoms with E-state index >= 15 is 0 Å². The van der Waals surface area contributed by atoms with Crippen LogP contribution in [0.5, 0.6) is 5.75 Å². The molecule has 0 radical (unpaired) electrons. The van der Waals surface area contributed by atoms with Crippen LogP contribution >= 0.6 is 24.0 Å². The average molecular weight is 491 g/mol. The standard InChI is InChI=1S/C21H25N5O.HI/c1-16-8-9-18(20(12-16)27-3)14-25-21(22-2)24-13-17-6-4-5-7-19(17)26-11-10-23-15-26;/h4-12,15H,13-14H2,1-3H3,(H2,22,24,25);1H. The van der Waals surface area contributed by atoms with E-state index in [9.17, 15) is 0 Å². The van der Waals surface area contributed by atoms with Crippen molar-refractivity contribution in [3.8, 4) is 11.4 Å². The summed E-state index contributed by atoms with van der Waals surface area (Å²) >= 11 is 0. The molecule has 1 heterocycles. The molecule has 0 aliphatic heterocycles. The normalized spacial score (nSPS) is 10.9. The number of nitrogens with zero attached hydrogens (tertiary/aromatic N) is 3. The molecule has 148 valence electrons. The van der Waals surface area contributed by atoms with Crippen LogP contribution in [0.2, 0.25) is 0 Å². The van der Waals surface area contributed by atoms with Gasteiger partial charge < -0.3 is 19.9 Å². The zero-order valence-corrected chi connectivity index (χ0v) is 18.7. The number of nitrogens with one attached hydrogen (secondary N) is 2.